The van der Waals surface area contributed by atoms with Crippen molar-refractivity contribution in [3.05, 3.63) is 78.4 Å². The zero-order valence-corrected chi connectivity index (χ0v) is 15.3. The molecule has 2 atom stereocenters. The van der Waals surface area contributed by atoms with Gasteiger partial charge in [0.05, 0.1) is 0 Å². The molecular formula is C23H25NO2. The highest BCUT2D eigenvalue weighted by Crippen LogP contribution is 2.26. The summed E-state index contributed by atoms with van der Waals surface area (Å²) in [5, 5.41) is 5.18. The summed E-state index contributed by atoms with van der Waals surface area (Å²) in [6, 6.07) is 24.3. The summed E-state index contributed by atoms with van der Waals surface area (Å²) in [7, 11) is 0. The number of carbonyl (C=O) groups is 1. The molecule has 3 rings (SSSR count). The molecule has 0 aliphatic rings. The van der Waals surface area contributed by atoms with Crippen molar-refractivity contribution in [3.63, 3.8) is 0 Å². The number of hydrogen-bond acceptors (Lipinski definition) is 2. The number of carbonyl (C=O) groups excluding carboxylic acids is 1. The van der Waals surface area contributed by atoms with Crippen LogP contribution in [0.2, 0.25) is 0 Å². The van der Waals surface area contributed by atoms with Crippen LogP contribution in [0.15, 0.2) is 72.8 Å². The van der Waals surface area contributed by atoms with E-state index in [1.807, 2.05) is 67.6 Å². The first-order valence-corrected chi connectivity index (χ1v) is 9.12. The van der Waals surface area contributed by atoms with Gasteiger partial charge in [-0.3, -0.25) is 4.79 Å². The van der Waals surface area contributed by atoms with Crippen LogP contribution in [0.5, 0.6) is 5.75 Å². The number of aryl methyl sites for hydroxylation is 1. The Balaban J connectivity index is 1.55. The topological polar surface area (TPSA) is 38.3 Å². The van der Waals surface area contributed by atoms with Gasteiger partial charge in [0.15, 0.2) is 6.10 Å². The van der Waals surface area contributed by atoms with Crippen LogP contribution in [0.25, 0.3) is 10.8 Å². The van der Waals surface area contributed by atoms with E-state index in [9.17, 15) is 4.79 Å². The van der Waals surface area contributed by atoms with Crippen molar-refractivity contribution < 1.29 is 9.53 Å². The van der Waals surface area contributed by atoms with Crippen molar-refractivity contribution in [1.82, 2.24) is 5.32 Å². The molecule has 0 spiro atoms. The van der Waals surface area contributed by atoms with Gasteiger partial charge < -0.3 is 10.1 Å². The second kappa shape index (κ2) is 8.52. The second-order valence-electron chi connectivity index (χ2n) is 6.67. The maximum atomic E-state index is 12.5. The Morgan fingerprint density at radius 2 is 1.62 bits per heavy atom. The molecule has 0 saturated carbocycles. The quantitative estimate of drug-likeness (QED) is 0.670. The average Bonchev–Trinajstić information content (AvgIpc) is 2.67. The Bertz CT molecular complexity index is 855. The molecule has 1 N–H and O–H groups in total. The fourth-order valence-corrected chi connectivity index (χ4v) is 3.00. The van der Waals surface area contributed by atoms with Crippen LogP contribution >= 0.6 is 0 Å². The third-order valence-electron chi connectivity index (χ3n) is 4.52. The van der Waals surface area contributed by atoms with E-state index in [1.165, 1.54) is 5.56 Å². The predicted molar refractivity (Wildman–Crippen MR) is 106 cm³/mol. The molecular weight excluding hydrogens is 322 g/mol. The van der Waals surface area contributed by atoms with Crippen LogP contribution in [0.4, 0.5) is 0 Å². The zero-order chi connectivity index (χ0) is 18.4. The number of amides is 1. The van der Waals surface area contributed by atoms with Crippen LogP contribution in [-0.2, 0) is 11.2 Å². The standard InChI is InChI=1S/C23H25NO2/c1-17(15-16-19-9-4-3-5-10-19)24-23(25)18(2)26-22-14-8-12-20-11-6-7-13-21(20)22/h3-14,17-18H,15-16H2,1-2H3,(H,24,25)/t17-,18+/m1/s1. The van der Waals surface area contributed by atoms with E-state index >= 15 is 0 Å². The molecule has 26 heavy (non-hydrogen) atoms. The molecule has 0 aromatic heterocycles. The minimum Gasteiger partial charge on any atom is -0.480 e. The molecule has 3 aromatic carbocycles. The van der Waals surface area contributed by atoms with Gasteiger partial charge in [-0.15, -0.1) is 0 Å². The van der Waals surface area contributed by atoms with Crippen LogP contribution in [-0.4, -0.2) is 18.1 Å². The first kappa shape index (κ1) is 18.0. The van der Waals surface area contributed by atoms with E-state index in [0.29, 0.717) is 0 Å². The van der Waals surface area contributed by atoms with Gasteiger partial charge in [0, 0.05) is 11.4 Å². The Kier molecular flexibility index (Phi) is 5.90. The lowest BCUT2D eigenvalue weighted by molar-refractivity contribution is -0.127. The fraction of sp³-hybridized carbons (Fsp3) is 0.261. The van der Waals surface area contributed by atoms with Gasteiger partial charge in [0.1, 0.15) is 5.75 Å². The molecule has 0 fully saturated rings. The Morgan fingerprint density at radius 1 is 0.923 bits per heavy atom. The lowest BCUT2D eigenvalue weighted by Gasteiger charge is -2.19. The molecule has 0 radical (unpaired) electrons. The fourth-order valence-electron chi connectivity index (χ4n) is 3.00. The van der Waals surface area contributed by atoms with Crippen molar-refractivity contribution in [2.45, 2.75) is 38.8 Å². The Hall–Kier alpha value is -2.81. The Morgan fingerprint density at radius 3 is 2.42 bits per heavy atom. The average molecular weight is 347 g/mol. The predicted octanol–water partition coefficient (Wildman–Crippen LogP) is 4.74. The van der Waals surface area contributed by atoms with Crippen molar-refractivity contribution in [2.24, 2.45) is 0 Å². The SMILES string of the molecule is C[C@H](CCc1ccccc1)NC(=O)[C@H](C)Oc1cccc2ccccc12. The first-order valence-electron chi connectivity index (χ1n) is 9.12. The van der Waals surface area contributed by atoms with Crippen LogP contribution in [0.1, 0.15) is 25.8 Å². The first-order chi connectivity index (χ1) is 12.6. The van der Waals surface area contributed by atoms with Crippen LogP contribution in [0.3, 0.4) is 0 Å². The number of fused-ring (bicyclic) bond motifs is 1. The van der Waals surface area contributed by atoms with Gasteiger partial charge in [-0.2, -0.15) is 0 Å². The summed E-state index contributed by atoms with van der Waals surface area (Å²) in [4.78, 5) is 12.5. The summed E-state index contributed by atoms with van der Waals surface area (Å²) in [5.74, 6) is 0.654. The van der Waals surface area contributed by atoms with Crippen molar-refractivity contribution in [3.8, 4) is 5.75 Å². The highest BCUT2D eigenvalue weighted by molar-refractivity contribution is 5.89. The third kappa shape index (κ3) is 4.63. The van der Waals surface area contributed by atoms with E-state index in [2.05, 4.69) is 17.4 Å². The number of hydrogen-bond donors (Lipinski definition) is 1. The molecule has 134 valence electrons. The molecule has 1 amide bonds. The maximum Gasteiger partial charge on any atom is 0.260 e. The van der Waals surface area contributed by atoms with Crippen molar-refractivity contribution in [2.75, 3.05) is 0 Å². The highest BCUT2D eigenvalue weighted by Gasteiger charge is 2.17. The largest absolute Gasteiger partial charge is 0.480 e. The van der Waals surface area contributed by atoms with E-state index in [1.54, 1.807) is 6.92 Å². The zero-order valence-electron chi connectivity index (χ0n) is 15.3. The lowest BCUT2D eigenvalue weighted by Crippen LogP contribution is -2.41. The minimum atomic E-state index is -0.542. The molecule has 3 nitrogen and oxygen atoms in total. The van der Waals surface area contributed by atoms with Gasteiger partial charge >= 0.3 is 0 Å². The third-order valence-corrected chi connectivity index (χ3v) is 4.52. The summed E-state index contributed by atoms with van der Waals surface area (Å²) in [5.41, 5.74) is 1.29. The van der Waals surface area contributed by atoms with Gasteiger partial charge in [-0.25, -0.2) is 0 Å². The molecule has 3 aromatic rings. The van der Waals surface area contributed by atoms with E-state index in [0.717, 1.165) is 29.4 Å². The Labute approximate surface area is 155 Å². The summed E-state index contributed by atoms with van der Waals surface area (Å²) in [6.45, 7) is 3.83. The lowest BCUT2D eigenvalue weighted by atomic mass is 10.1. The van der Waals surface area contributed by atoms with Gasteiger partial charge in [0.25, 0.3) is 5.91 Å². The van der Waals surface area contributed by atoms with Gasteiger partial charge in [0.2, 0.25) is 0 Å². The second-order valence-corrected chi connectivity index (χ2v) is 6.67. The summed E-state index contributed by atoms with van der Waals surface area (Å²) in [6.07, 6.45) is 1.30. The molecule has 0 aliphatic heterocycles. The number of ether oxygens (including phenoxy) is 1. The number of benzene rings is 3. The van der Waals surface area contributed by atoms with Crippen molar-refractivity contribution >= 4 is 16.7 Å². The smallest absolute Gasteiger partial charge is 0.260 e. The minimum absolute atomic E-state index is 0.0847. The summed E-state index contributed by atoms with van der Waals surface area (Å²) >= 11 is 0. The monoisotopic (exact) mass is 347 g/mol. The summed E-state index contributed by atoms with van der Waals surface area (Å²) < 4.78 is 5.94. The van der Waals surface area contributed by atoms with Gasteiger partial charge in [-0.05, 0) is 43.7 Å². The molecule has 3 heteroatoms. The molecule has 0 saturated heterocycles. The number of rotatable bonds is 7. The molecule has 0 bridgehead atoms. The molecule has 0 unspecified atom stereocenters. The van der Waals surface area contributed by atoms with E-state index in [-0.39, 0.29) is 11.9 Å². The number of nitrogens with one attached hydrogen (secondary N) is 1. The molecule has 0 heterocycles. The maximum absolute atomic E-state index is 12.5. The highest BCUT2D eigenvalue weighted by atomic mass is 16.5. The van der Waals surface area contributed by atoms with Crippen molar-refractivity contribution in [1.29, 1.82) is 0 Å². The molecule has 0 aliphatic carbocycles. The van der Waals surface area contributed by atoms with Crippen LogP contribution in [0, 0.1) is 0 Å². The van der Waals surface area contributed by atoms with Crippen LogP contribution < -0.4 is 10.1 Å². The normalized spacial score (nSPS) is 13.2. The van der Waals surface area contributed by atoms with E-state index in [4.69, 9.17) is 4.74 Å². The van der Waals surface area contributed by atoms with Gasteiger partial charge in [-0.1, -0.05) is 66.7 Å². The van der Waals surface area contributed by atoms with E-state index < -0.39 is 6.10 Å².